The molecule has 0 spiro atoms. The summed E-state index contributed by atoms with van der Waals surface area (Å²) in [5.41, 5.74) is 0.441. The highest BCUT2D eigenvalue weighted by Gasteiger charge is 2.33. The summed E-state index contributed by atoms with van der Waals surface area (Å²) in [7, 11) is 3.20. The number of hydrogen-bond acceptors (Lipinski definition) is 5. The first-order valence-corrected chi connectivity index (χ1v) is 12.0. The molecule has 0 aliphatic carbocycles. The van der Waals surface area contributed by atoms with Gasteiger partial charge < -0.3 is 25.6 Å². The summed E-state index contributed by atoms with van der Waals surface area (Å²) >= 11 is 0. The van der Waals surface area contributed by atoms with E-state index in [9.17, 15) is 14.4 Å². The third-order valence-electron chi connectivity index (χ3n) is 6.02. The first kappa shape index (κ1) is 26.6. The number of carbonyl (C=O) groups is 3. The molecule has 3 amide bonds. The van der Waals surface area contributed by atoms with Crippen molar-refractivity contribution in [2.75, 3.05) is 33.8 Å². The Hall–Kier alpha value is -4.01. The van der Waals surface area contributed by atoms with E-state index in [1.807, 2.05) is 36.4 Å². The number of likely N-dealkylation sites (tertiary alicyclic amines) is 1. The molecule has 1 saturated heterocycles. The largest absolute Gasteiger partial charge is 0.496 e. The molecule has 1 fully saturated rings. The third-order valence-corrected chi connectivity index (χ3v) is 6.02. The van der Waals surface area contributed by atoms with Gasteiger partial charge in [0.1, 0.15) is 11.8 Å². The second-order valence-corrected chi connectivity index (χ2v) is 8.47. The van der Waals surface area contributed by atoms with Crippen LogP contribution in [0.15, 0.2) is 36.4 Å². The first-order chi connectivity index (χ1) is 17.5. The number of fused-ring (bicyclic) bond motifs is 1. The Bertz CT molecular complexity index is 1230. The fourth-order valence-electron chi connectivity index (χ4n) is 4.28. The topological polar surface area (TPSA) is 99.8 Å². The fourth-order valence-corrected chi connectivity index (χ4v) is 4.28. The molecule has 0 saturated carbocycles. The van der Waals surface area contributed by atoms with Gasteiger partial charge in [0.05, 0.1) is 19.2 Å². The lowest BCUT2D eigenvalue weighted by Gasteiger charge is -2.29. The third kappa shape index (κ3) is 6.78. The van der Waals surface area contributed by atoms with Crippen LogP contribution in [0.1, 0.15) is 36.5 Å². The highest BCUT2D eigenvalue weighted by Crippen LogP contribution is 2.26. The van der Waals surface area contributed by atoms with Crippen molar-refractivity contribution < 1.29 is 19.1 Å². The number of carbonyl (C=O) groups excluding carboxylic acids is 3. The Morgan fingerprint density at radius 3 is 2.61 bits per heavy atom. The molecule has 0 bridgehead atoms. The number of nitrogens with zero attached hydrogens (tertiary/aromatic N) is 1. The van der Waals surface area contributed by atoms with Crippen LogP contribution >= 0.6 is 0 Å². The molecule has 1 aliphatic heterocycles. The van der Waals surface area contributed by atoms with Crippen LogP contribution < -0.4 is 20.7 Å². The van der Waals surface area contributed by atoms with Crippen LogP contribution in [0.3, 0.4) is 0 Å². The van der Waals surface area contributed by atoms with Gasteiger partial charge in [-0.15, -0.1) is 0 Å². The molecule has 3 N–H and O–H groups in total. The lowest BCUT2D eigenvalue weighted by Crippen LogP contribution is -2.53. The van der Waals surface area contributed by atoms with Crippen molar-refractivity contribution in [3.8, 4) is 29.4 Å². The second-order valence-electron chi connectivity index (χ2n) is 8.47. The Morgan fingerprint density at radius 1 is 1.17 bits per heavy atom. The zero-order valence-electron chi connectivity index (χ0n) is 20.9. The monoisotopic (exact) mass is 488 g/mol. The lowest BCUT2D eigenvalue weighted by molar-refractivity contribution is -0.136. The highest BCUT2D eigenvalue weighted by atomic mass is 16.5. The number of ether oxygens (including phenoxy) is 1. The number of nitrogens with one attached hydrogen (secondary N) is 3. The van der Waals surface area contributed by atoms with Crippen molar-refractivity contribution in [1.29, 1.82) is 0 Å². The molecule has 0 radical (unpaired) electrons. The predicted molar refractivity (Wildman–Crippen MR) is 139 cm³/mol. The van der Waals surface area contributed by atoms with Gasteiger partial charge in [-0.1, -0.05) is 36.1 Å². The quantitative estimate of drug-likeness (QED) is 0.467. The van der Waals surface area contributed by atoms with Crippen LogP contribution in [0.5, 0.6) is 5.75 Å². The smallest absolute Gasteiger partial charge is 0.255 e. The van der Waals surface area contributed by atoms with Crippen molar-refractivity contribution in [2.45, 2.75) is 38.3 Å². The van der Waals surface area contributed by atoms with Crippen LogP contribution in [0, 0.1) is 23.7 Å². The zero-order valence-corrected chi connectivity index (χ0v) is 20.9. The summed E-state index contributed by atoms with van der Waals surface area (Å²) in [5.74, 6) is 10.6. The van der Waals surface area contributed by atoms with Gasteiger partial charge in [0.2, 0.25) is 11.8 Å². The van der Waals surface area contributed by atoms with Gasteiger partial charge in [-0.05, 0) is 61.6 Å². The molecular formula is C28H32N4O4. The maximum atomic E-state index is 13.4. The van der Waals surface area contributed by atoms with Crippen molar-refractivity contribution in [3.05, 3.63) is 42.0 Å². The number of hydrogen-bond donors (Lipinski definition) is 3. The summed E-state index contributed by atoms with van der Waals surface area (Å²) in [6.45, 7) is 2.63. The average Bonchev–Trinajstić information content (AvgIpc) is 3.36. The summed E-state index contributed by atoms with van der Waals surface area (Å²) in [5, 5.41) is 10.4. The van der Waals surface area contributed by atoms with Crippen LogP contribution in [0.4, 0.5) is 0 Å². The molecule has 2 aromatic carbocycles. The minimum atomic E-state index is -0.783. The van der Waals surface area contributed by atoms with Crippen LogP contribution in [0.2, 0.25) is 0 Å². The van der Waals surface area contributed by atoms with Crippen molar-refractivity contribution in [1.82, 2.24) is 20.9 Å². The summed E-state index contributed by atoms with van der Waals surface area (Å²) in [4.78, 5) is 40.4. The van der Waals surface area contributed by atoms with Gasteiger partial charge in [0.25, 0.3) is 5.91 Å². The van der Waals surface area contributed by atoms with Gasteiger partial charge in [-0.2, -0.15) is 0 Å². The van der Waals surface area contributed by atoms with Crippen LogP contribution in [-0.2, 0) is 9.59 Å². The van der Waals surface area contributed by atoms with E-state index in [0.29, 0.717) is 24.4 Å². The first-order valence-electron chi connectivity index (χ1n) is 12.0. The summed E-state index contributed by atoms with van der Waals surface area (Å²) in [6.07, 6.45) is 1.73. The number of likely N-dealkylation sites (N-methyl/N-ethyl adjacent to an activating group) is 1. The second kappa shape index (κ2) is 13.2. The van der Waals surface area contributed by atoms with Gasteiger partial charge >= 0.3 is 0 Å². The van der Waals surface area contributed by atoms with Gasteiger partial charge in [-0.25, -0.2) is 0 Å². The lowest BCUT2D eigenvalue weighted by atomic mass is 10.0. The van der Waals surface area contributed by atoms with Gasteiger partial charge in [-0.3, -0.25) is 14.4 Å². The standard InChI is InChI=1S/C28H32N4O4/c1-4-5-6-7-14-24(31-26(33)19-29-2)28(35)32-15-10-13-22(32)18-30-27(34)23-16-20-11-8-9-12-21(20)17-25(23)36-3/h8-9,11-12,16-17,22,24,29H,10,13-15,18-19H2,1-3H3,(H,30,34)(H,31,33)/t22-,24-/m0/s1. The van der Waals surface area contributed by atoms with E-state index in [0.717, 1.165) is 23.6 Å². The summed E-state index contributed by atoms with van der Waals surface area (Å²) in [6, 6.07) is 10.5. The van der Waals surface area contributed by atoms with E-state index in [1.165, 1.54) is 7.11 Å². The molecule has 8 heteroatoms. The molecule has 188 valence electrons. The Kier molecular flexibility index (Phi) is 9.73. The normalized spacial score (nSPS) is 15.2. The van der Waals surface area contributed by atoms with E-state index < -0.39 is 6.04 Å². The fraction of sp³-hybridized carbons (Fsp3) is 0.393. The van der Waals surface area contributed by atoms with Gasteiger partial charge in [0.15, 0.2) is 0 Å². The molecular weight excluding hydrogens is 456 g/mol. The number of benzene rings is 2. The maximum absolute atomic E-state index is 13.4. The average molecular weight is 489 g/mol. The Labute approximate surface area is 212 Å². The van der Waals surface area contributed by atoms with Gasteiger partial charge in [0, 0.05) is 25.6 Å². The zero-order chi connectivity index (χ0) is 25.9. The van der Waals surface area contributed by atoms with Crippen molar-refractivity contribution in [3.63, 3.8) is 0 Å². The molecule has 2 aromatic rings. The van der Waals surface area contributed by atoms with E-state index in [-0.39, 0.29) is 36.7 Å². The van der Waals surface area contributed by atoms with E-state index in [1.54, 1.807) is 18.9 Å². The Balaban J connectivity index is 1.70. The Morgan fingerprint density at radius 2 is 1.92 bits per heavy atom. The number of rotatable bonds is 9. The number of amides is 3. The van der Waals surface area contributed by atoms with E-state index >= 15 is 0 Å². The minimum absolute atomic E-state index is 0.0963. The minimum Gasteiger partial charge on any atom is -0.496 e. The molecule has 3 rings (SSSR count). The molecule has 1 heterocycles. The summed E-state index contributed by atoms with van der Waals surface area (Å²) < 4.78 is 5.46. The van der Waals surface area contributed by atoms with Crippen LogP contribution in [0.25, 0.3) is 10.8 Å². The molecule has 1 aliphatic rings. The SMILES string of the molecule is CC#CC#CC[C@H](NC(=O)CNC)C(=O)N1CCC[C@H]1CNC(=O)c1cc2ccccc2cc1OC. The van der Waals surface area contributed by atoms with Crippen molar-refractivity contribution >= 4 is 28.5 Å². The number of methoxy groups -OCH3 is 1. The molecule has 0 unspecified atom stereocenters. The predicted octanol–water partition coefficient (Wildman–Crippen LogP) is 1.69. The molecule has 36 heavy (non-hydrogen) atoms. The van der Waals surface area contributed by atoms with E-state index in [2.05, 4.69) is 39.6 Å². The molecule has 2 atom stereocenters. The molecule has 8 nitrogen and oxygen atoms in total. The van der Waals surface area contributed by atoms with Crippen molar-refractivity contribution in [2.24, 2.45) is 0 Å². The maximum Gasteiger partial charge on any atom is 0.255 e. The highest BCUT2D eigenvalue weighted by molar-refractivity contribution is 6.01. The van der Waals surface area contributed by atoms with Crippen LogP contribution in [-0.4, -0.2) is 68.5 Å². The van der Waals surface area contributed by atoms with E-state index in [4.69, 9.17) is 4.74 Å². The molecule has 0 aromatic heterocycles.